The smallest absolute Gasteiger partial charge is 0.161 e. The summed E-state index contributed by atoms with van der Waals surface area (Å²) < 4.78 is 21.7. The molecule has 0 amide bonds. The average molecular weight is 449 g/mol. The molecule has 8 heteroatoms. The number of rotatable bonds is 14. The molecule has 2 aromatic rings. The van der Waals surface area contributed by atoms with Crippen LogP contribution in [0.2, 0.25) is 0 Å². The molecule has 2 rings (SSSR count). The van der Waals surface area contributed by atoms with E-state index in [2.05, 4.69) is 12.2 Å². The minimum absolute atomic E-state index is 0.0125. The number of methoxy groups -OCH3 is 2. The van der Waals surface area contributed by atoms with Crippen molar-refractivity contribution in [1.82, 2.24) is 0 Å². The number of benzene rings is 2. The van der Waals surface area contributed by atoms with Crippen LogP contribution in [0, 0.1) is 0 Å². The quantitative estimate of drug-likeness (QED) is 0.321. The number of aliphatic hydroxyl groups excluding tert-OH is 4. The maximum absolute atomic E-state index is 9.42. The molecule has 0 saturated carbocycles. The van der Waals surface area contributed by atoms with E-state index < -0.39 is 12.2 Å². The highest BCUT2D eigenvalue weighted by molar-refractivity contribution is 5.44. The predicted molar refractivity (Wildman–Crippen MR) is 120 cm³/mol. The summed E-state index contributed by atoms with van der Waals surface area (Å²) in [7, 11) is 3.10. The van der Waals surface area contributed by atoms with Gasteiger partial charge < -0.3 is 39.4 Å². The van der Waals surface area contributed by atoms with E-state index in [1.165, 1.54) is 0 Å². The Balaban J connectivity index is 1.93. The van der Waals surface area contributed by atoms with Gasteiger partial charge in [-0.05, 0) is 48.2 Å². The van der Waals surface area contributed by atoms with Gasteiger partial charge >= 0.3 is 0 Å². The zero-order chi connectivity index (χ0) is 23.3. The molecule has 2 aromatic carbocycles. The Hall–Kier alpha value is -2.78. The Kier molecular flexibility index (Phi) is 10.8. The molecule has 0 spiro atoms. The lowest BCUT2D eigenvalue weighted by molar-refractivity contribution is 0.0527. The lowest BCUT2D eigenvalue weighted by atomic mass is 10.1. The van der Waals surface area contributed by atoms with Gasteiger partial charge in [0, 0.05) is 0 Å². The van der Waals surface area contributed by atoms with Crippen LogP contribution >= 0.6 is 0 Å². The monoisotopic (exact) mass is 448 g/mol. The summed E-state index contributed by atoms with van der Waals surface area (Å²) in [5, 5.41) is 36.6. The molecule has 0 heterocycles. The maximum atomic E-state index is 9.42. The highest BCUT2D eigenvalue weighted by Gasteiger charge is 2.10. The molecule has 0 radical (unpaired) electrons. The van der Waals surface area contributed by atoms with E-state index in [0.29, 0.717) is 35.8 Å². The van der Waals surface area contributed by atoms with Crippen LogP contribution in [0.15, 0.2) is 48.6 Å². The number of hydrogen-bond acceptors (Lipinski definition) is 8. The highest BCUT2D eigenvalue weighted by Crippen LogP contribution is 2.29. The van der Waals surface area contributed by atoms with Crippen LogP contribution in [-0.4, -0.2) is 73.3 Å². The molecule has 176 valence electrons. The van der Waals surface area contributed by atoms with Crippen LogP contribution in [0.5, 0.6) is 23.0 Å². The second kappa shape index (κ2) is 13.6. The topological polar surface area (TPSA) is 118 Å². The van der Waals surface area contributed by atoms with E-state index in [1.54, 1.807) is 26.4 Å². The van der Waals surface area contributed by atoms with E-state index in [-0.39, 0.29) is 26.4 Å². The van der Waals surface area contributed by atoms with Gasteiger partial charge in [0.2, 0.25) is 0 Å². The number of allylic oxidation sites excluding steroid dienone is 2. The summed E-state index contributed by atoms with van der Waals surface area (Å²) in [5.74, 6) is 2.14. The Morgan fingerprint density at radius 1 is 0.688 bits per heavy atom. The van der Waals surface area contributed by atoms with Crippen LogP contribution in [0.1, 0.15) is 11.1 Å². The summed E-state index contributed by atoms with van der Waals surface area (Å²) >= 11 is 0. The largest absolute Gasteiger partial charge is 0.493 e. The van der Waals surface area contributed by atoms with Gasteiger partial charge in [0.25, 0.3) is 0 Å². The first-order valence-corrected chi connectivity index (χ1v) is 10.3. The Bertz CT molecular complexity index is 782. The first-order chi connectivity index (χ1) is 15.5. The van der Waals surface area contributed by atoms with Crippen molar-refractivity contribution in [3.63, 3.8) is 0 Å². The van der Waals surface area contributed by atoms with E-state index in [9.17, 15) is 10.2 Å². The number of aliphatic hydroxyl groups is 4. The molecule has 2 atom stereocenters. The van der Waals surface area contributed by atoms with Crippen LogP contribution in [0.4, 0.5) is 0 Å². The van der Waals surface area contributed by atoms with Crippen LogP contribution in [0.3, 0.4) is 0 Å². The van der Waals surface area contributed by atoms with Crippen molar-refractivity contribution in [2.24, 2.45) is 0 Å². The van der Waals surface area contributed by atoms with Gasteiger partial charge in [-0.1, -0.05) is 24.3 Å². The molecule has 8 nitrogen and oxygen atoms in total. The fraction of sp³-hybridized carbons (Fsp3) is 0.417. The molecule has 0 aromatic heterocycles. The third-order valence-corrected chi connectivity index (χ3v) is 4.61. The van der Waals surface area contributed by atoms with Gasteiger partial charge in [0.1, 0.15) is 25.4 Å². The fourth-order valence-electron chi connectivity index (χ4n) is 2.83. The fourth-order valence-corrected chi connectivity index (χ4v) is 2.83. The van der Waals surface area contributed by atoms with Crippen molar-refractivity contribution in [2.45, 2.75) is 25.0 Å². The van der Waals surface area contributed by atoms with E-state index in [4.69, 9.17) is 29.2 Å². The van der Waals surface area contributed by atoms with Crippen LogP contribution in [-0.2, 0) is 12.8 Å². The van der Waals surface area contributed by atoms with Gasteiger partial charge in [0.05, 0.1) is 27.4 Å². The Labute approximate surface area is 188 Å². The van der Waals surface area contributed by atoms with Crippen molar-refractivity contribution in [2.75, 3.05) is 40.6 Å². The summed E-state index contributed by atoms with van der Waals surface area (Å²) in [5.41, 5.74) is 2.08. The maximum Gasteiger partial charge on any atom is 0.161 e. The lowest BCUT2D eigenvalue weighted by Crippen LogP contribution is -2.21. The molecule has 0 fully saturated rings. The predicted octanol–water partition coefficient (Wildman–Crippen LogP) is 1.51. The van der Waals surface area contributed by atoms with Crippen LogP contribution in [0.25, 0.3) is 0 Å². The summed E-state index contributed by atoms with van der Waals surface area (Å²) in [6.07, 6.45) is 3.64. The van der Waals surface area contributed by atoms with Gasteiger partial charge in [-0.2, -0.15) is 0 Å². The van der Waals surface area contributed by atoms with Crippen molar-refractivity contribution in [1.29, 1.82) is 0 Å². The van der Waals surface area contributed by atoms with Gasteiger partial charge in [-0.15, -0.1) is 0 Å². The minimum Gasteiger partial charge on any atom is -0.493 e. The molecule has 0 aliphatic carbocycles. The molecule has 0 aliphatic rings. The minimum atomic E-state index is -0.936. The van der Waals surface area contributed by atoms with Crippen molar-refractivity contribution in [3.8, 4) is 23.0 Å². The van der Waals surface area contributed by atoms with Crippen molar-refractivity contribution >= 4 is 0 Å². The summed E-state index contributed by atoms with van der Waals surface area (Å²) in [6, 6.07) is 11.2. The number of ether oxygens (including phenoxy) is 4. The van der Waals surface area contributed by atoms with Gasteiger partial charge in [0.15, 0.2) is 23.0 Å². The molecule has 32 heavy (non-hydrogen) atoms. The van der Waals surface area contributed by atoms with E-state index in [1.807, 2.05) is 24.3 Å². The van der Waals surface area contributed by atoms with Crippen LogP contribution < -0.4 is 18.9 Å². The van der Waals surface area contributed by atoms with E-state index >= 15 is 0 Å². The summed E-state index contributed by atoms with van der Waals surface area (Å²) in [6.45, 7) is -0.748. The Morgan fingerprint density at radius 3 is 1.44 bits per heavy atom. The first-order valence-electron chi connectivity index (χ1n) is 10.3. The van der Waals surface area contributed by atoms with Gasteiger partial charge in [-0.25, -0.2) is 0 Å². The SMILES string of the molecule is COc1cc(C/C=C/Cc2ccc(OCC(O)CO)c(OC)c2)ccc1OCC(O)CO. The molecule has 0 saturated heterocycles. The molecular weight excluding hydrogens is 416 g/mol. The molecule has 0 bridgehead atoms. The third kappa shape index (κ3) is 8.05. The second-order valence-corrected chi connectivity index (χ2v) is 7.14. The number of hydrogen-bond donors (Lipinski definition) is 4. The zero-order valence-corrected chi connectivity index (χ0v) is 18.4. The van der Waals surface area contributed by atoms with Crippen molar-refractivity contribution in [3.05, 3.63) is 59.7 Å². The van der Waals surface area contributed by atoms with E-state index in [0.717, 1.165) is 11.1 Å². The average Bonchev–Trinajstić information content (AvgIpc) is 2.83. The van der Waals surface area contributed by atoms with Crippen molar-refractivity contribution < 1.29 is 39.4 Å². The zero-order valence-electron chi connectivity index (χ0n) is 18.4. The molecule has 2 unspecified atom stereocenters. The summed E-state index contributed by atoms with van der Waals surface area (Å²) in [4.78, 5) is 0. The lowest BCUT2D eigenvalue weighted by Gasteiger charge is -2.14. The van der Waals surface area contributed by atoms with Gasteiger partial charge in [-0.3, -0.25) is 0 Å². The normalized spacial score (nSPS) is 13.1. The highest BCUT2D eigenvalue weighted by atomic mass is 16.5. The molecular formula is C24H32O8. The Morgan fingerprint density at radius 2 is 1.09 bits per heavy atom. The molecule has 4 N–H and O–H groups in total. The first kappa shape index (κ1) is 25.5. The second-order valence-electron chi connectivity index (χ2n) is 7.14. The third-order valence-electron chi connectivity index (χ3n) is 4.61. The molecule has 0 aliphatic heterocycles. The standard InChI is InChI=1S/C24H32O8/c1-29-23-11-17(7-9-21(23)31-15-19(27)13-25)5-3-4-6-18-8-10-22(24(12-18)30-2)32-16-20(28)14-26/h3-4,7-12,19-20,25-28H,5-6,13-16H2,1-2H3/b4-3+.